The van der Waals surface area contributed by atoms with Crippen molar-refractivity contribution in [2.24, 2.45) is 0 Å². The number of carbonyl (C=O) groups excluding carboxylic acids is 1. The second-order valence-corrected chi connectivity index (χ2v) is 4.67. The fourth-order valence-electron chi connectivity index (χ4n) is 1.96. The van der Waals surface area contributed by atoms with E-state index in [0.29, 0.717) is 28.2 Å². The van der Waals surface area contributed by atoms with Gasteiger partial charge in [0.1, 0.15) is 11.6 Å². The minimum atomic E-state index is -0.178. The molecule has 0 atom stereocenters. The summed E-state index contributed by atoms with van der Waals surface area (Å²) in [6, 6.07) is 0. The fourth-order valence-corrected chi connectivity index (χ4v) is 1.96. The number of pyridine rings is 1. The van der Waals surface area contributed by atoms with Crippen LogP contribution in [0.4, 0.5) is 5.82 Å². The maximum atomic E-state index is 11.9. The first-order valence-corrected chi connectivity index (χ1v) is 5.79. The van der Waals surface area contributed by atoms with Crippen LogP contribution in [0.1, 0.15) is 30.7 Å². The zero-order valence-corrected chi connectivity index (χ0v) is 11.0. The Kier molecular flexibility index (Phi) is 2.95. The molecule has 94 valence electrons. The second kappa shape index (κ2) is 4.29. The summed E-state index contributed by atoms with van der Waals surface area (Å²) in [6.45, 7) is 7.43. The topological polar surface area (TPSA) is 62.2 Å². The van der Waals surface area contributed by atoms with Gasteiger partial charge < -0.3 is 10.4 Å². The van der Waals surface area contributed by atoms with Crippen molar-refractivity contribution in [3.05, 3.63) is 34.5 Å². The number of amides is 1. The van der Waals surface area contributed by atoms with Crippen LogP contribution in [-0.4, -0.2) is 16.0 Å². The van der Waals surface area contributed by atoms with Crippen LogP contribution in [0.5, 0.6) is 5.75 Å². The predicted octanol–water partition coefficient (Wildman–Crippen LogP) is 2.71. The molecule has 0 fully saturated rings. The smallest absolute Gasteiger partial charge is 0.257 e. The Labute approximate surface area is 106 Å². The molecule has 1 aromatic rings. The van der Waals surface area contributed by atoms with Gasteiger partial charge in [0.25, 0.3) is 5.91 Å². The summed E-state index contributed by atoms with van der Waals surface area (Å²) in [7, 11) is 0. The van der Waals surface area contributed by atoms with Gasteiger partial charge in [-0.2, -0.15) is 0 Å². The maximum Gasteiger partial charge on any atom is 0.257 e. The minimum Gasteiger partial charge on any atom is -0.506 e. The van der Waals surface area contributed by atoms with Crippen molar-refractivity contribution in [3.8, 4) is 5.75 Å². The Hall–Kier alpha value is -2.10. The lowest BCUT2D eigenvalue weighted by Gasteiger charge is -2.07. The third kappa shape index (κ3) is 1.90. The first-order valence-electron chi connectivity index (χ1n) is 5.79. The number of aromatic nitrogens is 1. The van der Waals surface area contributed by atoms with Gasteiger partial charge in [0.2, 0.25) is 0 Å². The Bertz CT molecular complexity index is 594. The normalized spacial score (nSPS) is 15.6. The van der Waals surface area contributed by atoms with Crippen molar-refractivity contribution in [2.75, 3.05) is 5.32 Å². The highest BCUT2D eigenvalue weighted by Crippen LogP contribution is 2.38. The average molecular weight is 244 g/mol. The predicted molar refractivity (Wildman–Crippen MR) is 71.4 cm³/mol. The van der Waals surface area contributed by atoms with Crippen molar-refractivity contribution >= 4 is 17.3 Å². The zero-order chi connectivity index (χ0) is 13.4. The molecule has 18 heavy (non-hydrogen) atoms. The number of aromatic hydroxyl groups is 1. The number of hydrogen-bond acceptors (Lipinski definition) is 3. The fraction of sp³-hybridized carbons (Fsp3) is 0.286. The Morgan fingerprint density at radius 3 is 2.61 bits per heavy atom. The molecule has 1 aromatic heterocycles. The second-order valence-electron chi connectivity index (χ2n) is 4.67. The zero-order valence-electron chi connectivity index (χ0n) is 11.0. The number of rotatable bonds is 1. The maximum absolute atomic E-state index is 11.9. The molecule has 0 saturated carbocycles. The molecule has 2 N–H and O–H groups in total. The third-order valence-corrected chi connectivity index (χ3v) is 2.92. The average Bonchev–Trinajstić information content (AvgIpc) is 2.59. The number of anilines is 1. The molecule has 4 nitrogen and oxygen atoms in total. The van der Waals surface area contributed by atoms with Crippen molar-refractivity contribution in [2.45, 2.75) is 27.7 Å². The standard InChI is InChI=1S/C14H16N2O2/c1-7(2)5-6-10-11-8(3)12(17)9(4)15-13(11)16-14(10)18/h5-6,17H,1-4H3,(H,15,16,18)/b10-6-. The highest BCUT2D eigenvalue weighted by Gasteiger charge is 2.28. The molecule has 0 bridgehead atoms. The van der Waals surface area contributed by atoms with E-state index in [9.17, 15) is 9.90 Å². The van der Waals surface area contributed by atoms with Crippen LogP contribution in [0.25, 0.3) is 5.57 Å². The molecule has 0 aromatic carbocycles. The van der Waals surface area contributed by atoms with E-state index in [1.807, 2.05) is 19.9 Å². The molecule has 0 unspecified atom stereocenters. The van der Waals surface area contributed by atoms with Gasteiger partial charge in [0.15, 0.2) is 0 Å². The van der Waals surface area contributed by atoms with Crippen LogP contribution in [0.15, 0.2) is 17.7 Å². The van der Waals surface area contributed by atoms with Gasteiger partial charge in [-0.05, 0) is 33.8 Å². The van der Waals surface area contributed by atoms with Gasteiger partial charge in [-0.1, -0.05) is 11.6 Å². The molecule has 2 heterocycles. The SMILES string of the molecule is CC(C)=C/C=C1\C(=O)Nc2nc(C)c(O)c(C)c21. The molecule has 0 aliphatic carbocycles. The molecule has 1 aliphatic heterocycles. The van der Waals surface area contributed by atoms with E-state index in [-0.39, 0.29) is 11.7 Å². The van der Waals surface area contributed by atoms with Crippen LogP contribution in [0, 0.1) is 13.8 Å². The lowest BCUT2D eigenvalue weighted by Crippen LogP contribution is -2.04. The molecule has 4 heteroatoms. The number of fused-ring (bicyclic) bond motifs is 1. The van der Waals surface area contributed by atoms with Gasteiger partial charge >= 0.3 is 0 Å². The van der Waals surface area contributed by atoms with Crippen molar-refractivity contribution in [3.63, 3.8) is 0 Å². The molecule has 0 saturated heterocycles. The van der Waals surface area contributed by atoms with Crippen LogP contribution >= 0.6 is 0 Å². The molecule has 0 spiro atoms. The molecule has 1 amide bonds. The number of allylic oxidation sites excluding steroid dienone is 3. The lowest BCUT2D eigenvalue weighted by atomic mass is 10.0. The summed E-state index contributed by atoms with van der Waals surface area (Å²) in [5.74, 6) is 0.498. The van der Waals surface area contributed by atoms with E-state index in [1.165, 1.54) is 0 Å². The van der Waals surface area contributed by atoms with Crippen LogP contribution in [-0.2, 0) is 4.79 Å². The van der Waals surface area contributed by atoms with E-state index in [1.54, 1.807) is 19.9 Å². The number of nitrogens with one attached hydrogen (secondary N) is 1. The summed E-state index contributed by atoms with van der Waals surface area (Å²) in [6.07, 6.45) is 3.64. The van der Waals surface area contributed by atoms with Gasteiger partial charge in [0.05, 0.1) is 11.3 Å². The number of nitrogens with zero attached hydrogens (tertiary/aromatic N) is 1. The Balaban J connectivity index is 2.65. The highest BCUT2D eigenvalue weighted by molar-refractivity contribution is 6.31. The van der Waals surface area contributed by atoms with Gasteiger partial charge in [-0.3, -0.25) is 4.79 Å². The lowest BCUT2D eigenvalue weighted by molar-refractivity contribution is -0.110. The summed E-state index contributed by atoms with van der Waals surface area (Å²) in [5.41, 5.74) is 3.55. The molecule has 0 radical (unpaired) electrons. The van der Waals surface area contributed by atoms with E-state index in [4.69, 9.17) is 0 Å². The number of hydrogen-bond donors (Lipinski definition) is 2. The first kappa shape index (κ1) is 12.4. The summed E-state index contributed by atoms with van der Waals surface area (Å²) < 4.78 is 0. The van der Waals surface area contributed by atoms with E-state index < -0.39 is 0 Å². The van der Waals surface area contributed by atoms with Crippen molar-refractivity contribution in [1.29, 1.82) is 0 Å². The largest absolute Gasteiger partial charge is 0.506 e. The van der Waals surface area contributed by atoms with Crippen LogP contribution in [0.3, 0.4) is 0 Å². The Morgan fingerprint density at radius 1 is 1.33 bits per heavy atom. The summed E-state index contributed by atoms with van der Waals surface area (Å²) in [4.78, 5) is 16.1. The van der Waals surface area contributed by atoms with E-state index in [2.05, 4.69) is 10.3 Å². The highest BCUT2D eigenvalue weighted by atomic mass is 16.3. The Morgan fingerprint density at radius 2 is 2.00 bits per heavy atom. The van der Waals surface area contributed by atoms with E-state index >= 15 is 0 Å². The summed E-state index contributed by atoms with van der Waals surface area (Å²) >= 11 is 0. The monoisotopic (exact) mass is 244 g/mol. The molecule has 1 aliphatic rings. The van der Waals surface area contributed by atoms with Crippen molar-refractivity contribution < 1.29 is 9.90 Å². The molecule has 2 rings (SSSR count). The molecular weight excluding hydrogens is 228 g/mol. The van der Waals surface area contributed by atoms with E-state index in [0.717, 1.165) is 5.57 Å². The van der Waals surface area contributed by atoms with Gasteiger partial charge in [-0.15, -0.1) is 0 Å². The molecular formula is C14H16N2O2. The number of carbonyl (C=O) groups is 1. The quantitative estimate of drug-likeness (QED) is 0.747. The minimum absolute atomic E-state index is 0.147. The summed E-state index contributed by atoms with van der Waals surface area (Å²) in [5, 5.41) is 12.6. The van der Waals surface area contributed by atoms with Crippen LogP contribution < -0.4 is 5.32 Å². The first-order chi connectivity index (χ1) is 8.41. The third-order valence-electron chi connectivity index (χ3n) is 2.92. The van der Waals surface area contributed by atoms with Gasteiger partial charge in [0, 0.05) is 11.1 Å². The van der Waals surface area contributed by atoms with Crippen molar-refractivity contribution in [1.82, 2.24) is 4.98 Å². The van der Waals surface area contributed by atoms with Gasteiger partial charge in [-0.25, -0.2) is 4.98 Å². The number of aryl methyl sites for hydroxylation is 1. The van der Waals surface area contributed by atoms with Crippen LogP contribution in [0.2, 0.25) is 0 Å².